The summed E-state index contributed by atoms with van der Waals surface area (Å²) in [7, 11) is -2.69. The third kappa shape index (κ3) is 2.26. The second-order valence-electron chi connectivity index (χ2n) is 2.20. The highest BCUT2D eigenvalue weighted by Crippen LogP contribution is 2.20. The van der Waals surface area contributed by atoms with Crippen LogP contribution in [0, 0.1) is 5.82 Å². The van der Waals surface area contributed by atoms with Gasteiger partial charge < -0.3 is 0 Å². The van der Waals surface area contributed by atoms with Crippen LogP contribution in [0.15, 0.2) is 27.6 Å². The highest BCUT2D eigenvalue weighted by Gasteiger charge is 2.14. The van der Waals surface area contributed by atoms with Gasteiger partial charge in [-0.1, -0.05) is 0 Å². The van der Waals surface area contributed by atoms with E-state index in [1.807, 2.05) is 0 Å². The molecular weight excluding hydrogens is 263 g/mol. The Labute approximate surface area is 83.8 Å². The van der Waals surface area contributed by atoms with E-state index in [0.29, 0.717) is 0 Å². The minimum Gasteiger partial charge on any atom is -0.270 e. The lowest BCUT2D eigenvalue weighted by Crippen LogP contribution is -2.02. The lowest BCUT2D eigenvalue weighted by atomic mass is 10.3. The second-order valence-corrected chi connectivity index (χ2v) is 4.76. The van der Waals surface area contributed by atoms with Gasteiger partial charge in [-0.25, -0.2) is 4.39 Å². The van der Waals surface area contributed by atoms with Crippen molar-refractivity contribution >= 4 is 26.0 Å². The fourth-order valence-electron chi connectivity index (χ4n) is 0.729. The molecule has 0 N–H and O–H groups in total. The Hall–Kier alpha value is -0.460. The summed E-state index contributed by atoms with van der Waals surface area (Å²) in [5, 5.41) is 0. The fourth-order valence-corrected chi connectivity index (χ4v) is 1.95. The van der Waals surface area contributed by atoms with Crippen LogP contribution in [-0.4, -0.2) is 15.5 Å². The lowest BCUT2D eigenvalue weighted by Gasteiger charge is -2.01. The maximum absolute atomic E-state index is 12.7. The summed E-state index contributed by atoms with van der Waals surface area (Å²) in [4.78, 5) is -0.0803. The molecule has 0 aromatic heterocycles. The Bertz CT molecular complexity index is 416. The number of hydrogen-bond donors (Lipinski definition) is 0. The number of benzene rings is 1. The first-order valence-electron chi connectivity index (χ1n) is 3.23. The molecule has 1 aromatic carbocycles. The van der Waals surface area contributed by atoms with Crippen LogP contribution in [0.3, 0.4) is 0 Å². The van der Waals surface area contributed by atoms with Crippen LogP contribution in [0.1, 0.15) is 0 Å². The molecule has 3 nitrogen and oxygen atoms in total. The average Bonchev–Trinajstić information content (AvgIpc) is 2.09. The largest absolute Gasteiger partial charge is 0.296 e. The van der Waals surface area contributed by atoms with Gasteiger partial charge in [-0.2, -0.15) is 8.42 Å². The molecule has 0 unspecified atom stereocenters. The van der Waals surface area contributed by atoms with Gasteiger partial charge in [0.2, 0.25) is 0 Å². The molecule has 0 spiro atoms. The zero-order chi connectivity index (χ0) is 10.1. The maximum Gasteiger partial charge on any atom is 0.296 e. The van der Waals surface area contributed by atoms with E-state index in [2.05, 4.69) is 20.1 Å². The first-order valence-corrected chi connectivity index (χ1v) is 5.43. The molecule has 0 saturated heterocycles. The highest BCUT2D eigenvalue weighted by atomic mass is 79.9. The fraction of sp³-hybridized carbons (Fsp3) is 0.143. The summed E-state index contributed by atoms with van der Waals surface area (Å²) in [6.07, 6.45) is 0. The van der Waals surface area contributed by atoms with Crippen molar-refractivity contribution in [2.75, 3.05) is 7.11 Å². The molecule has 0 aliphatic rings. The minimum atomic E-state index is -3.73. The van der Waals surface area contributed by atoms with Crippen LogP contribution in [0.5, 0.6) is 0 Å². The molecule has 1 aromatic rings. The summed E-state index contributed by atoms with van der Waals surface area (Å²) in [5.74, 6) is -0.518. The molecule has 6 heteroatoms. The Morgan fingerprint density at radius 1 is 1.46 bits per heavy atom. The van der Waals surface area contributed by atoms with E-state index in [9.17, 15) is 12.8 Å². The van der Waals surface area contributed by atoms with Gasteiger partial charge in [-0.15, -0.1) is 0 Å². The summed E-state index contributed by atoms with van der Waals surface area (Å²) < 4.78 is 39.2. The summed E-state index contributed by atoms with van der Waals surface area (Å²) in [5.41, 5.74) is 0. The Morgan fingerprint density at radius 2 is 2.08 bits per heavy atom. The zero-order valence-electron chi connectivity index (χ0n) is 6.62. The third-order valence-corrected chi connectivity index (χ3v) is 3.28. The van der Waals surface area contributed by atoms with Gasteiger partial charge in [0.1, 0.15) is 5.82 Å². The van der Waals surface area contributed by atoms with Crippen LogP contribution in [0.4, 0.5) is 4.39 Å². The first kappa shape index (κ1) is 10.6. The SMILES string of the molecule is COS(=O)(=O)c1ccc(F)c(Br)c1. The van der Waals surface area contributed by atoms with E-state index in [1.165, 1.54) is 0 Å². The van der Waals surface area contributed by atoms with E-state index in [1.54, 1.807) is 0 Å². The number of rotatable bonds is 2. The van der Waals surface area contributed by atoms with Crippen LogP contribution in [0.25, 0.3) is 0 Å². The molecule has 13 heavy (non-hydrogen) atoms. The summed E-state index contributed by atoms with van der Waals surface area (Å²) >= 11 is 2.87. The molecule has 0 bridgehead atoms. The normalized spacial score (nSPS) is 11.6. The van der Waals surface area contributed by atoms with Gasteiger partial charge >= 0.3 is 0 Å². The molecule has 0 saturated carbocycles. The molecule has 72 valence electrons. The van der Waals surface area contributed by atoms with Gasteiger partial charge in [0.05, 0.1) is 16.5 Å². The van der Waals surface area contributed by atoms with E-state index in [4.69, 9.17) is 0 Å². The zero-order valence-corrected chi connectivity index (χ0v) is 9.02. The maximum atomic E-state index is 12.7. The van der Waals surface area contributed by atoms with Crippen LogP contribution < -0.4 is 0 Å². The molecule has 0 radical (unpaired) electrons. The Kier molecular flexibility index (Phi) is 3.05. The van der Waals surface area contributed by atoms with Gasteiger partial charge in [-0.3, -0.25) is 4.18 Å². The van der Waals surface area contributed by atoms with Gasteiger partial charge in [-0.05, 0) is 34.1 Å². The predicted molar refractivity (Wildman–Crippen MR) is 48.3 cm³/mol. The smallest absolute Gasteiger partial charge is 0.270 e. The van der Waals surface area contributed by atoms with Crippen molar-refractivity contribution in [1.82, 2.24) is 0 Å². The van der Waals surface area contributed by atoms with Crippen molar-refractivity contribution in [3.05, 3.63) is 28.5 Å². The molecule has 0 aliphatic carbocycles. The van der Waals surface area contributed by atoms with Crippen molar-refractivity contribution in [2.45, 2.75) is 4.90 Å². The van der Waals surface area contributed by atoms with Crippen LogP contribution in [-0.2, 0) is 14.3 Å². The van der Waals surface area contributed by atoms with Crippen molar-refractivity contribution in [3.63, 3.8) is 0 Å². The van der Waals surface area contributed by atoms with Crippen molar-refractivity contribution in [3.8, 4) is 0 Å². The predicted octanol–water partition coefficient (Wildman–Crippen LogP) is 1.92. The van der Waals surface area contributed by atoms with E-state index >= 15 is 0 Å². The van der Waals surface area contributed by atoms with Crippen LogP contribution in [0.2, 0.25) is 0 Å². The van der Waals surface area contributed by atoms with E-state index in [0.717, 1.165) is 25.3 Å². The summed E-state index contributed by atoms with van der Waals surface area (Å²) in [6.45, 7) is 0. The van der Waals surface area contributed by atoms with E-state index < -0.39 is 15.9 Å². The molecule has 0 fully saturated rings. The van der Waals surface area contributed by atoms with Crippen LogP contribution >= 0.6 is 15.9 Å². The van der Waals surface area contributed by atoms with Gasteiger partial charge in [0.15, 0.2) is 0 Å². The standard InChI is InChI=1S/C7H6BrFO3S/c1-12-13(10,11)5-2-3-7(9)6(8)4-5/h2-4H,1H3. The number of halogens is 2. The molecule has 0 heterocycles. The lowest BCUT2D eigenvalue weighted by molar-refractivity contribution is 0.397. The third-order valence-electron chi connectivity index (χ3n) is 1.40. The highest BCUT2D eigenvalue weighted by molar-refractivity contribution is 9.10. The molecule has 0 amide bonds. The van der Waals surface area contributed by atoms with Crippen molar-refractivity contribution < 1.29 is 17.0 Å². The molecular formula is C7H6BrFO3S. The minimum absolute atomic E-state index is 0.0803. The Morgan fingerprint density at radius 3 is 2.54 bits per heavy atom. The second kappa shape index (κ2) is 3.73. The first-order chi connectivity index (χ1) is 5.97. The molecule has 1 rings (SSSR count). The average molecular weight is 269 g/mol. The molecule has 0 atom stereocenters. The van der Waals surface area contributed by atoms with Crippen molar-refractivity contribution in [2.24, 2.45) is 0 Å². The monoisotopic (exact) mass is 268 g/mol. The molecule has 0 aliphatic heterocycles. The van der Waals surface area contributed by atoms with Gasteiger partial charge in [0.25, 0.3) is 10.1 Å². The van der Waals surface area contributed by atoms with Gasteiger partial charge in [0, 0.05) is 0 Å². The quantitative estimate of drug-likeness (QED) is 0.770. The van der Waals surface area contributed by atoms with Crippen molar-refractivity contribution in [1.29, 1.82) is 0 Å². The Balaban J connectivity index is 3.27. The summed E-state index contributed by atoms with van der Waals surface area (Å²) in [6, 6.07) is 3.34. The number of hydrogen-bond acceptors (Lipinski definition) is 3. The topological polar surface area (TPSA) is 43.4 Å². The van der Waals surface area contributed by atoms with E-state index in [-0.39, 0.29) is 9.37 Å².